The van der Waals surface area contributed by atoms with E-state index < -0.39 is 7.44 Å². The molecule has 1 aromatic heterocycles. The van der Waals surface area contributed by atoms with Crippen LogP contribution in [0.25, 0.3) is 0 Å². The van der Waals surface area contributed by atoms with E-state index in [9.17, 15) is 5.11 Å². The summed E-state index contributed by atoms with van der Waals surface area (Å²) in [4.78, 5) is 0. The molecule has 3 N–H and O–H groups in total. The zero-order valence-corrected chi connectivity index (χ0v) is 22.9. The highest BCUT2D eigenvalue weighted by Crippen LogP contribution is 2.61. The molecule has 0 unspecified atom stereocenters. The fraction of sp³-hybridized carbons (Fsp3) is 0.312. The topological polar surface area (TPSA) is 87.1 Å². The average molecular weight is 537 g/mol. The Labute approximate surface area is 229 Å². The molecule has 7 heteroatoms. The monoisotopic (exact) mass is 536 g/mol. The number of fused-ring (bicyclic) bond motifs is 7. The van der Waals surface area contributed by atoms with Crippen LogP contribution < -0.4 is 15.6 Å². The van der Waals surface area contributed by atoms with Gasteiger partial charge in [-0.1, -0.05) is 49.4 Å². The van der Waals surface area contributed by atoms with Crippen LogP contribution in [-0.4, -0.2) is 15.3 Å². The molecule has 0 spiro atoms. The lowest BCUT2D eigenvalue weighted by Gasteiger charge is -2.49. The Bertz CT molecular complexity index is 1530. The number of aromatic hydroxyl groups is 1. The molecular weight excluding hydrogens is 503 g/mol. The van der Waals surface area contributed by atoms with Crippen molar-refractivity contribution in [3.8, 4) is 5.75 Å². The Hall–Kier alpha value is -3.63. The van der Waals surface area contributed by atoms with Crippen molar-refractivity contribution in [3.05, 3.63) is 107 Å². The van der Waals surface area contributed by atoms with Gasteiger partial charge in [0.2, 0.25) is 0 Å². The molecule has 0 radical (unpaired) electrons. The van der Waals surface area contributed by atoms with Crippen LogP contribution in [0, 0.1) is 11.8 Å². The number of para-hydroxylation sites is 2. The van der Waals surface area contributed by atoms with E-state index in [1.807, 2.05) is 79.0 Å². The molecule has 6 nitrogen and oxygen atoms in total. The molecule has 3 aliphatic carbocycles. The molecule has 1 fully saturated rings. The summed E-state index contributed by atoms with van der Waals surface area (Å²) in [5.41, 5.74) is 6.96. The molecule has 1 heterocycles. The zero-order chi connectivity index (χ0) is 26.6. The lowest BCUT2D eigenvalue weighted by Crippen LogP contribution is -2.45. The number of benzene rings is 3. The summed E-state index contributed by atoms with van der Waals surface area (Å²) < 4.78 is 15.1. The Morgan fingerprint density at radius 3 is 2.31 bits per heavy atom. The lowest BCUT2D eigenvalue weighted by atomic mass is 9.55. The van der Waals surface area contributed by atoms with Gasteiger partial charge in [-0.25, -0.2) is 0 Å². The molecule has 0 aliphatic heterocycles. The minimum atomic E-state index is -3.46. The van der Waals surface area contributed by atoms with E-state index in [2.05, 4.69) is 33.4 Å². The largest absolute Gasteiger partial charge is 0.508 e. The van der Waals surface area contributed by atoms with Gasteiger partial charge in [-0.05, 0) is 114 Å². The summed E-state index contributed by atoms with van der Waals surface area (Å²) in [5.74, 6) is 1.81. The third-order valence-electron chi connectivity index (χ3n) is 9.44. The lowest BCUT2D eigenvalue weighted by molar-refractivity contribution is 0.106. The molecule has 3 aromatic carbocycles. The fourth-order valence-electron chi connectivity index (χ4n) is 7.74. The van der Waals surface area contributed by atoms with E-state index in [1.165, 1.54) is 16.7 Å². The van der Waals surface area contributed by atoms with Gasteiger partial charge in [-0.2, -0.15) is 5.10 Å². The van der Waals surface area contributed by atoms with Crippen LogP contribution in [-0.2, 0) is 22.8 Å². The standard InChI is InChI=1S/C32H33N4O2P/c1-32-17-16-27-26-15-13-25(37)18-21(26)12-14-28(27)29(32)19-22-20-33-34-31(30(22)32)39(38,35-23-8-4-2-5-9-23)36-24-10-6-3-7-11-24/h2-11,13,15,18,20,27-29,37H,12,14,16-17,19H2,1H3,(H2,35,36,38)/t27-,28-,29+,32+/m1/s1. The predicted molar refractivity (Wildman–Crippen MR) is 156 cm³/mol. The normalized spacial score (nSPS) is 25.1. The van der Waals surface area contributed by atoms with Gasteiger partial charge in [0.05, 0.1) is 6.20 Å². The maximum Gasteiger partial charge on any atom is 0.307 e. The first-order valence-corrected chi connectivity index (χ1v) is 15.6. The molecule has 3 aliphatic rings. The molecular formula is C32H33N4O2P. The minimum Gasteiger partial charge on any atom is -0.508 e. The summed E-state index contributed by atoms with van der Waals surface area (Å²) in [5, 5.41) is 25.8. The summed E-state index contributed by atoms with van der Waals surface area (Å²) >= 11 is 0. The van der Waals surface area contributed by atoms with E-state index in [0.29, 0.717) is 28.9 Å². The highest BCUT2D eigenvalue weighted by Gasteiger charge is 2.55. The Balaban J connectivity index is 1.31. The van der Waals surface area contributed by atoms with E-state index in [-0.39, 0.29) is 5.41 Å². The highest BCUT2D eigenvalue weighted by atomic mass is 31.2. The van der Waals surface area contributed by atoms with Crippen LogP contribution in [0.3, 0.4) is 0 Å². The van der Waals surface area contributed by atoms with Gasteiger partial charge in [-0.3, -0.25) is 4.57 Å². The number of anilines is 2. The van der Waals surface area contributed by atoms with Crippen molar-refractivity contribution in [3.63, 3.8) is 0 Å². The van der Waals surface area contributed by atoms with Crippen LogP contribution in [0.15, 0.2) is 85.1 Å². The van der Waals surface area contributed by atoms with Crippen LogP contribution in [0.1, 0.15) is 54.4 Å². The summed E-state index contributed by atoms with van der Waals surface area (Å²) in [6, 6.07) is 25.3. The molecule has 39 heavy (non-hydrogen) atoms. The van der Waals surface area contributed by atoms with Crippen molar-refractivity contribution in [2.24, 2.45) is 11.8 Å². The third kappa shape index (κ3) is 4.04. The van der Waals surface area contributed by atoms with Crippen molar-refractivity contribution in [2.45, 2.75) is 50.4 Å². The van der Waals surface area contributed by atoms with Gasteiger partial charge < -0.3 is 15.3 Å². The van der Waals surface area contributed by atoms with Crippen molar-refractivity contribution in [1.82, 2.24) is 10.2 Å². The molecule has 7 rings (SSSR count). The van der Waals surface area contributed by atoms with E-state index in [1.54, 1.807) is 0 Å². The van der Waals surface area contributed by atoms with E-state index >= 15 is 4.57 Å². The van der Waals surface area contributed by atoms with Crippen LogP contribution >= 0.6 is 7.44 Å². The van der Waals surface area contributed by atoms with Gasteiger partial charge in [0.15, 0.2) is 5.44 Å². The third-order valence-corrected chi connectivity index (χ3v) is 11.5. The second-order valence-electron chi connectivity index (χ2n) is 11.6. The number of phenolic OH excluding ortho intramolecular Hbond substituents is 1. The number of aryl methyl sites for hydroxylation is 1. The molecule has 4 atom stereocenters. The van der Waals surface area contributed by atoms with Crippen molar-refractivity contribution < 1.29 is 9.67 Å². The zero-order valence-electron chi connectivity index (χ0n) is 22.0. The Morgan fingerprint density at radius 1 is 0.923 bits per heavy atom. The number of phenols is 1. The maximum atomic E-state index is 15.1. The fourth-order valence-corrected chi connectivity index (χ4v) is 9.93. The van der Waals surface area contributed by atoms with Gasteiger partial charge in [-0.15, -0.1) is 5.10 Å². The highest BCUT2D eigenvalue weighted by molar-refractivity contribution is 7.74. The Kier molecular flexibility index (Phi) is 5.78. The number of hydrogen-bond donors (Lipinski definition) is 3. The van der Waals surface area contributed by atoms with Crippen molar-refractivity contribution >= 4 is 24.3 Å². The number of hydrogen-bond acceptors (Lipinski definition) is 4. The van der Waals surface area contributed by atoms with Crippen LogP contribution in [0.4, 0.5) is 11.4 Å². The maximum absolute atomic E-state index is 15.1. The van der Waals surface area contributed by atoms with Crippen molar-refractivity contribution in [1.29, 1.82) is 0 Å². The second kappa shape index (κ2) is 9.24. The first kappa shape index (κ1) is 24.4. The quantitative estimate of drug-likeness (QED) is 0.243. The Morgan fingerprint density at radius 2 is 1.62 bits per heavy atom. The van der Waals surface area contributed by atoms with Gasteiger partial charge >= 0.3 is 7.44 Å². The molecule has 1 saturated carbocycles. The smallest absolute Gasteiger partial charge is 0.307 e. The average Bonchev–Trinajstić information content (AvgIpc) is 3.26. The van der Waals surface area contributed by atoms with Crippen molar-refractivity contribution in [2.75, 3.05) is 10.2 Å². The van der Waals surface area contributed by atoms with Gasteiger partial charge in [0.1, 0.15) is 5.75 Å². The number of aromatic nitrogens is 2. The molecule has 198 valence electrons. The first-order valence-electron chi connectivity index (χ1n) is 13.9. The van der Waals surface area contributed by atoms with Crippen LogP contribution in [0.5, 0.6) is 5.75 Å². The number of rotatable bonds is 5. The molecule has 4 aromatic rings. The predicted octanol–water partition coefficient (Wildman–Crippen LogP) is 6.79. The SMILES string of the molecule is C[C@]12CC[C@@H]3c4ccc(O)cc4CC[C@H]3[C@@H]1Cc1cnnc(P(=O)(Nc3ccccc3)Nc3ccccc3)c12. The molecule has 0 saturated heterocycles. The van der Waals surface area contributed by atoms with Crippen LogP contribution in [0.2, 0.25) is 0 Å². The first-order chi connectivity index (χ1) is 18.9. The van der Waals surface area contributed by atoms with Gasteiger partial charge in [0.25, 0.3) is 0 Å². The van der Waals surface area contributed by atoms with E-state index in [4.69, 9.17) is 0 Å². The van der Waals surface area contributed by atoms with E-state index in [0.717, 1.165) is 49.0 Å². The molecule has 0 bridgehead atoms. The number of nitrogens with zero attached hydrogens (tertiary/aromatic N) is 2. The number of nitrogens with one attached hydrogen (secondary N) is 2. The van der Waals surface area contributed by atoms with Gasteiger partial charge in [0, 0.05) is 11.4 Å². The summed E-state index contributed by atoms with van der Waals surface area (Å²) in [6.07, 6.45) is 7.00. The second-order valence-corrected chi connectivity index (χ2v) is 13.7. The summed E-state index contributed by atoms with van der Waals surface area (Å²) in [6.45, 7) is 2.37. The summed E-state index contributed by atoms with van der Waals surface area (Å²) in [7, 11) is -3.46. The molecule has 0 amide bonds. The minimum absolute atomic E-state index is 0.136.